The number of aliphatic hydroxyl groups is 1. The number of aliphatic hydroxyl groups excluding tert-OH is 1. The maximum Gasteiger partial charge on any atom is 0.191 e. The highest BCUT2D eigenvalue weighted by Crippen LogP contribution is 2.21. The van der Waals surface area contributed by atoms with Crippen LogP contribution in [0.5, 0.6) is 5.75 Å². The number of rotatable bonds is 14. The Hall–Kier alpha value is -1.06. The van der Waals surface area contributed by atoms with Gasteiger partial charge >= 0.3 is 0 Å². The Labute approximate surface area is 193 Å². The zero-order valence-corrected chi connectivity index (χ0v) is 20.8. The Balaban J connectivity index is 0.00000784. The molecule has 0 saturated carbocycles. The van der Waals surface area contributed by atoms with Crippen molar-refractivity contribution < 1.29 is 14.6 Å². The van der Waals surface area contributed by atoms with Crippen LogP contribution in [0.3, 0.4) is 0 Å². The van der Waals surface area contributed by atoms with Crippen LogP contribution in [-0.2, 0) is 11.3 Å². The molecule has 0 saturated heterocycles. The summed E-state index contributed by atoms with van der Waals surface area (Å²) in [6.07, 6.45) is 3.03. The fraction of sp³-hybridized carbons (Fsp3) is 0.682. The summed E-state index contributed by atoms with van der Waals surface area (Å²) >= 11 is 0. The van der Waals surface area contributed by atoms with Gasteiger partial charge in [-0.3, -0.25) is 0 Å². The van der Waals surface area contributed by atoms with Gasteiger partial charge in [-0.1, -0.05) is 25.5 Å². The molecule has 0 aliphatic carbocycles. The third-order valence-electron chi connectivity index (χ3n) is 4.46. The number of hydrogen-bond acceptors (Lipinski definition) is 4. The van der Waals surface area contributed by atoms with E-state index in [-0.39, 0.29) is 30.6 Å². The molecule has 1 rings (SSSR count). The topological polar surface area (TPSA) is 75.1 Å². The van der Waals surface area contributed by atoms with E-state index in [0.717, 1.165) is 55.2 Å². The molecular formula is C22H40IN3O3. The van der Waals surface area contributed by atoms with Crippen LogP contribution in [0.15, 0.2) is 23.2 Å². The molecule has 0 fully saturated rings. The number of halogens is 1. The molecule has 29 heavy (non-hydrogen) atoms. The fourth-order valence-corrected chi connectivity index (χ4v) is 2.97. The number of aryl methyl sites for hydroxylation is 1. The molecule has 0 heterocycles. The van der Waals surface area contributed by atoms with E-state index >= 15 is 0 Å². The minimum Gasteiger partial charge on any atom is -0.491 e. The number of benzene rings is 1. The van der Waals surface area contributed by atoms with E-state index in [9.17, 15) is 5.11 Å². The van der Waals surface area contributed by atoms with Crippen LogP contribution in [0.1, 0.15) is 51.2 Å². The van der Waals surface area contributed by atoms with E-state index in [0.29, 0.717) is 32.3 Å². The average Bonchev–Trinajstić information content (AvgIpc) is 2.68. The minimum absolute atomic E-state index is 0. The molecule has 1 unspecified atom stereocenters. The first-order chi connectivity index (χ1) is 13.6. The molecule has 0 radical (unpaired) electrons. The highest BCUT2D eigenvalue weighted by Gasteiger charge is 2.09. The second-order valence-electron chi connectivity index (χ2n) is 6.90. The fourth-order valence-electron chi connectivity index (χ4n) is 2.97. The lowest BCUT2D eigenvalue weighted by Crippen LogP contribution is -2.40. The van der Waals surface area contributed by atoms with E-state index < -0.39 is 0 Å². The predicted octanol–water partition coefficient (Wildman–Crippen LogP) is 3.88. The van der Waals surface area contributed by atoms with Gasteiger partial charge in [0.1, 0.15) is 12.4 Å². The lowest BCUT2D eigenvalue weighted by Gasteiger charge is -2.18. The van der Waals surface area contributed by atoms with Crippen molar-refractivity contribution in [3.63, 3.8) is 0 Å². The van der Waals surface area contributed by atoms with E-state index in [1.54, 1.807) is 0 Å². The molecule has 0 aliphatic rings. The molecule has 7 heteroatoms. The van der Waals surface area contributed by atoms with Gasteiger partial charge in [0, 0.05) is 31.9 Å². The molecule has 0 bridgehead atoms. The van der Waals surface area contributed by atoms with E-state index in [4.69, 9.17) is 14.5 Å². The predicted molar refractivity (Wildman–Crippen MR) is 132 cm³/mol. The Bertz CT molecular complexity index is 564. The van der Waals surface area contributed by atoms with Gasteiger partial charge in [-0.25, -0.2) is 4.99 Å². The van der Waals surface area contributed by atoms with Gasteiger partial charge in [-0.15, -0.1) is 24.0 Å². The molecule has 1 atom stereocenters. The first-order valence-corrected chi connectivity index (χ1v) is 10.6. The van der Waals surface area contributed by atoms with Crippen molar-refractivity contribution in [3.8, 4) is 5.75 Å². The van der Waals surface area contributed by atoms with Crippen LogP contribution in [0.2, 0.25) is 0 Å². The van der Waals surface area contributed by atoms with Crippen LogP contribution in [0, 0.1) is 12.8 Å². The molecule has 0 spiro atoms. The third kappa shape index (κ3) is 12.3. The maximum absolute atomic E-state index is 9.24. The van der Waals surface area contributed by atoms with E-state index in [1.807, 2.05) is 6.92 Å². The highest BCUT2D eigenvalue weighted by molar-refractivity contribution is 14.0. The van der Waals surface area contributed by atoms with Crippen molar-refractivity contribution in [1.29, 1.82) is 0 Å². The second-order valence-corrected chi connectivity index (χ2v) is 6.90. The molecule has 0 aliphatic heterocycles. The zero-order chi connectivity index (χ0) is 20.6. The standard InChI is InChI=1S/C22H39N3O3.HI/c1-5-8-19(11-12-26)16-24-22(23-6-2)25-17-20-10-9-18(4)15-21(20)28-14-13-27-7-3;/h9-10,15,19,26H,5-8,11-14,16-17H2,1-4H3,(H2,23,24,25);1H. The Morgan fingerprint density at radius 3 is 2.59 bits per heavy atom. The van der Waals surface area contributed by atoms with Crippen LogP contribution in [0.4, 0.5) is 0 Å². The van der Waals surface area contributed by atoms with Gasteiger partial charge in [-0.05, 0) is 51.2 Å². The smallest absolute Gasteiger partial charge is 0.191 e. The molecule has 1 aromatic rings. The summed E-state index contributed by atoms with van der Waals surface area (Å²) in [5.74, 6) is 2.11. The molecule has 0 amide bonds. The largest absolute Gasteiger partial charge is 0.491 e. The van der Waals surface area contributed by atoms with Gasteiger partial charge in [0.15, 0.2) is 5.96 Å². The number of ether oxygens (including phenoxy) is 2. The summed E-state index contributed by atoms with van der Waals surface area (Å²) in [6.45, 7) is 12.5. The summed E-state index contributed by atoms with van der Waals surface area (Å²) < 4.78 is 11.3. The van der Waals surface area contributed by atoms with Crippen molar-refractivity contribution in [2.75, 3.05) is 39.5 Å². The van der Waals surface area contributed by atoms with Crippen molar-refractivity contribution in [2.24, 2.45) is 10.9 Å². The number of aliphatic imine (C=N–C) groups is 1. The highest BCUT2D eigenvalue weighted by atomic mass is 127. The monoisotopic (exact) mass is 521 g/mol. The Kier molecular flexibility index (Phi) is 17.1. The average molecular weight is 521 g/mol. The minimum atomic E-state index is 0. The second kappa shape index (κ2) is 17.8. The quantitative estimate of drug-likeness (QED) is 0.150. The normalized spacial score (nSPS) is 12.2. The van der Waals surface area contributed by atoms with Gasteiger partial charge < -0.3 is 25.2 Å². The van der Waals surface area contributed by atoms with Crippen LogP contribution in [0.25, 0.3) is 0 Å². The first-order valence-electron chi connectivity index (χ1n) is 10.6. The zero-order valence-electron chi connectivity index (χ0n) is 18.5. The van der Waals surface area contributed by atoms with E-state index in [1.165, 1.54) is 0 Å². The Morgan fingerprint density at radius 1 is 1.14 bits per heavy atom. The SMILES string of the molecule is CCCC(CCO)CNC(=NCc1ccc(C)cc1OCCOCC)NCC.I. The number of nitrogens with one attached hydrogen (secondary N) is 2. The van der Waals surface area contributed by atoms with Crippen molar-refractivity contribution >= 4 is 29.9 Å². The van der Waals surface area contributed by atoms with Crippen LogP contribution < -0.4 is 15.4 Å². The number of hydrogen-bond donors (Lipinski definition) is 3. The molecule has 168 valence electrons. The lowest BCUT2D eigenvalue weighted by molar-refractivity contribution is 0.110. The van der Waals surface area contributed by atoms with Crippen LogP contribution in [-0.4, -0.2) is 50.6 Å². The van der Waals surface area contributed by atoms with Gasteiger partial charge in [0.25, 0.3) is 0 Å². The molecule has 3 N–H and O–H groups in total. The number of nitrogens with zero attached hydrogens (tertiary/aromatic N) is 1. The summed E-state index contributed by atoms with van der Waals surface area (Å²) in [4.78, 5) is 4.73. The summed E-state index contributed by atoms with van der Waals surface area (Å²) in [6, 6.07) is 6.21. The van der Waals surface area contributed by atoms with Crippen molar-refractivity contribution in [3.05, 3.63) is 29.3 Å². The van der Waals surface area contributed by atoms with Gasteiger partial charge in [0.05, 0.1) is 13.2 Å². The summed E-state index contributed by atoms with van der Waals surface area (Å²) in [5.41, 5.74) is 2.22. The molecular weight excluding hydrogens is 481 g/mol. The Morgan fingerprint density at radius 2 is 1.93 bits per heavy atom. The molecule has 0 aromatic heterocycles. The molecule has 6 nitrogen and oxygen atoms in total. The summed E-state index contributed by atoms with van der Waals surface area (Å²) in [5, 5.41) is 16.0. The third-order valence-corrected chi connectivity index (χ3v) is 4.46. The van der Waals surface area contributed by atoms with Crippen LogP contribution >= 0.6 is 24.0 Å². The van der Waals surface area contributed by atoms with Gasteiger partial charge in [-0.2, -0.15) is 0 Å². The van der Waals surface area contributed by atoms with Crippen molar-refractivity contribution in [1.82, 2.24) is 10.6 Å². The van der Waals surface area contributed by atoms with Crippen molar-refractivity contribution in [2.45, 2.75) is 53.5 Å². The summed E-state index contributed by atoms with van der Waals surface area (Å²) in [7, 11) is 0. The first kappa shape index (κ1) is 27.9. The number of guanidine groups is 1. The maximum atomic E-state index is 9.24. The lowest BCUT2D eigenvalue weighted by atomic mass is 10.0. The molecule has 1 aromatic carbocycles. The van der Waals surface area contributed by atoms with Gasteiger partial charge in [0.2, 0.25) is 0 Å². The van der Waals surface area contributed by atoms with E-state index in [2.05, 4.69) is 49.6 Å².